The number of nitrogens with two attached hydrogens (primary N) is 1. The minimum atomic E-state index is -0.682. The van der Waals surface area contributed by atoms with Crippen LogP contribution in [0.25, 0.3) is 0 Å². The molecule has 6 nitrogen and oxygen atoms in total. The summed E-state index contributed by atoms with van der Waals surface area (Å²) in [4.78, 5) is 25.9. The topological polar surface area (TPSA) is 88.6 Å². The Kier molecular flexibility index (Phi) is 3.25. The van der Waals surface area contributed by atoms with E-state index in [0.717, 1.165) is 32.1 Å². The Morgan fingerprint density at radius 1 is 1.35 bits per heavy atom. The van der Waals surface area contributed by atoms with E-state index < -0.39 is 11.6 Å². The van der Waals surface area contributed by atoms with Gasteiger partial charge in [0.2, 0.25) is 0 Å². The van der Waals surface area contributed by atoms with Gasteiger partial charge in [-0.3, -0.25) is 9.69 Å². The lowest BCUT2D eigenvalue weighted by molar-refractivity contribution is -0.132. The molecule has 1 aromatic rings. The summed E-state index contributed by atoms with van der Waals surface area (Å²) < 4.78 is 5.22. The molecule has 3 rings (SSSR count). The molecule has 6 heteroatoms. The largest absolute Gasteiger partial charge is 0.468 e. The number of carbonyl (C=O) groups excluding carboxylic acids is 2. The molecule has 1 aliphatic heterocycles. The molecular formula is C14H19N3O3. The van der Waals surface area contributed by atoms with Crippen molar-refractivity contribution in [2.24, 2.45) is 5.73 Å². The Morgan fingerprint density at radius 3 is 2.75 bits per heavy atom. The second-order valence-electron chi connectivity index (χ2n) is 5.61. The molecular weight excluding hydrogens is 258 g/mol. The molecule has 1 atom stereocenters. The molecule has 20 heavy (non-hydrogen) atoms. The van der Waals surface area contributed by atoms with Crippen molar-refractivity contribution in [3.8, 4) is 0 Å². The van der Waals surface area contributed by atoms with Crippen molar-refractivity contribution in [2.75, 3.05) is 6.54 Å². The number of imide groups is 1. The molecule has 0 aromatic carbocycles. The normalized spacial score (nSPS) is 23.1. The van der Waals surface area contributed by atoms with Gasteiger partial charge in [-0.25, -0.2) is 4.79 Å². The van der Waals surface area contributed by atoms with Crippen LogP contribution in [0.2, 0.25) is 0 Å². The Morgan fingerprint density at radius 2 is 2.10 bits per heavy atom. The third-order valence-electron chi connectivity index (χ3n) is 4.24. The number of rotatable bonds is 3. The fraction of sp³-hybridized carbons (Fsp3) is 0.571. The fourth-order valence-corrected chi connectivity index (χ4v) is 3.13. The van der Waals surface area contributed by atoms with Crippen molar-refractivity contribution in [1.29, 1.82) is 0 Å². The lowest BCUT2D eigenvalue weighted by Crippen LogP contribution is -2.48. The smallest absolute Gasteiger partial charge is 0.325 e. The second-order valence-corrected chi connectivity index (χ2v) is 5.61. The number of urea groups is 1. The maximum Gasteiger partial charge on any atom is 0.325 e. The van der Waals surface area contributed by atoms with Crippen LogP contribution in [0.5, 0.6) is 0 Å². The molecule has 2 heterocycles. The Labute approximate surface area is 117 Å². The minimum absolute atomic E-state index is 0.135. The first-order valence-corrected chi connectivity index (χ1v) is 7.05. The predicted octanol–water partition coefficient (Wildman–Crippen LogP) is 1.53. The molecule has 1 spiro atoms. The van der Waals surface area contributed by atoms with Gasteiger partial charge in [-0.05, 0) is 25.0 Å². The summed E-state index contributed by atoms with van der Waals surface area (Å²) in [7, 11) is 0. The predicted molar refractivity (Wildman–Crippen MR) is 71.7 cm³/mol. The first-order valence-electron chi connectivity index (χ1n) is 7.05. The highest BCUT2D eigenvalue weighted by molar-refractivity contribution is 6.07. The van der Waals surface area contributed by atoms with Gasteiger partial charge >= 0.3 is 6.03 Å². The number of hydrogen-bond acceptors (Lipinski definition) is 4. The first kappa shape index (κ1) is 13.2. The highest BCUT2D eigenvalue weighted by Gasteiger charge is 2.51. The summed E-state index contributed by atoms with van der Waals surface area (Å²) in [5.74, 6) is 0.444. The monoisotopic (exact) mass is 277 g/mol. The summed E-state index contributed by atoms with van der Waals surface area (Å²) >= 11 is 0. The quantitative estimate of drug-likeness (QED) is 0.820. The zero-order chi connectivity index (χ0) is 14.2. The van der Waals surface area contributed by atoms with Gasteiger partial charge < -0.3 is 15.5 Å². The number of hydrogen-bond donors (Lipinski definition) is 2. The molecule has 0 bridgehead atoms. The average molecular weight is 277 g/mol. The molecule has 3 N–H and O–H groups in total. The summed E-state index contributed by atoms with van der Waals surface area (Å²) in [6.07, 6.45) is 6.06. The summed E-state index contributed by atoms with van der Waals surface area (Å²) in [6, 6.07) is 2.67. The Bertz CT molecular complexity index is 506. The van der Waals surface area contributed by atoms with Crippen LogP contribution in [0.4, 0.5) is 4.79 Å². The van der Waals surface area contributed by atoms with Crippen LogP contribution in [-0.4, -0.2) is 28.9 Å². The van der Waals surface area contributed by atoms with E-state index in [1.165, 1.54) is 11.2 Å². The standard InChI is InChI=1S/C14H19N3O3/c15-10(11-5-4-8-20-11)9-17-12(18)14(16-13(17)19)6-2-1-3-7-14/h4-5,8,10H,1-3,6-7,9,15H2,(H,16,19). The van der Waals surface area contributed by atoms with E-state index in [-0.39, 0.29) is 18.5 Å². The minimum Gasteiger partial charge on any atom is -0.468 e. The van der Waals surface area contributed by atoms with E-state index in [1.807, 2.05) is 0 Å². The van der Waals surface area contributed by atoms with Gasteiger partial charge in [0.15, 0.2) is 0 Å². The van der Waals surface area contributed by atoms with Crippen molar-refractivity contribution >= 4 is 11.9 Å². The molecule has 2 fully saturated rings. The maximum atomic E-state index is 12.6. The van der Waals surface area contributed by atoms with Crippen LogP contribution < -0.4 is 11.1 Å². The van der Waals surface area contributed by atoms with Crippen molar-refractivity contribution in [3.63, 3.8) is 0 Å². The number of furan rings is 1. The van der Waals surface area contributed by atoms with Gasteiger partial charge in [0.25, 0.3) is 5.91 Å². The van der Waals surface area contributed by atoms with Crippen molar-refractivity contribution < 1.29 is 14.0 Å². The highest BCUT2D eigenvalue weighted by atomic mass is 16.3. The molecule has 1 aromatic heterocycles. The summed E-state index contributed by atoms with van der Waals surface area (Å²) in [5.41, 5.74) is 5.31. The SMILES string of the molecule is NC(CN1C(=O)NC2(CCCCC2)C1=O)c1ccco1. The summed E-state index contributed by atoms with van der Waals surface area (Å²) in [6.45, 7) is 0.153. The van der Waals surface area contributed by atoms with Gasteiger partial charge in [-0.2, -0.15) is 0 Å². The van der Waals surface area contributed by atoms with E-state index in [9.17, 15) is 9.59 Å². The van der Waals surface area contributed by atoms with Crippen LogP contribution in [-0.2, 0) is 4.79 Å². The van der Waals surface area contributed by atoms with Crippen LogP contribution in [0.1, 0.15) is 43.9 Å². The lowest BCUT2D eigenvalue weighted by Gasteiger charge is -2.30. The maximum absolute atomic E-state index is 12.6. The molecule has 1 saturated heterocycles. The third-order valence-corrected chi connectivity index (χ3v) is 4.24. The number of amides is 3. The number of carbonyl (C=O) groups is 2. The molecule has 108 valence electrons. The molecule has 2 aliphatic rings. The molecule has 3 amide bonds. The molecule has 1 aliphatic carbocycles. The zero-order valence-electron chi connectivity index (χ0n) is 11.3. The van der Waals surface area contributed by atoms with Gasteiger partial charge in [-0.1, -0.05) is 19.3 Å². The molecule has 0 radical (unpaired) electrons. The lowest BCUT2D eigenvalue weighted by atomic mass is 9.82. The highest BCUT2D eigenvalue weighted by Crippen LogP contribution is 2.34. The van der Waals surface area contributed by atoms with E-state index >= 15 is 0 Å². The van der Waals surface area contributed by atoms with Crippen LogP contribution in [0.3, 0.4) is 0 Å². The number of nitrogens with zero attached hydrogens (tertiary/aromatic N) is 1. The van der Waals surface area contributed by atoms with Crippen LogP contribution in [0, 0.1) is 0 Å². The first-order chi connectivity index (χ1) is 9.62. The molecule has 1 unspecified atom stereocenters. The average Bonchev–Trinajstić information content (AvgIpc) is 3.04. The zero-order valence-corrected chi connectivity index (χ0v) is 11.3. The van der Waals surface area contributed by atoms with E-state index in [2.05, 4.69) is 5.32 Å². The second kappa shape index (κ2) is 4.94. The Balaban J connectivity index is 1.74. The van der Waals surface area contributed by atoms with Crippen molar-refractivity contribution in [1.82, 2.24) is 10.2 Å². The Hall–Kier alpha value is -1.82. The van der Waals surface area contributed by atoms with E-state index in [0.29, 0.717) is 5.76 Å². The van der Waals surface area contributed by atoms with E-state index in [1.54, 1.807) is 12.1 Å². The van der Waals surface area contributed by atoms with E-state index in [4.69, 9.17) is 10.2 Å². The van der Waals surface area contributed by atoms with Gasteiger partial charge in [0.05, 0.1) is 18.8 Å². The third kappa shape index (κ3) is 2.10. The fourth-order valence-electron chi connectivity index (χ4n) is 3.13. The van der Waals surface area contributed by atoms with Crippen LogP contribution in [0.15, 0.2) is 22.8 Å². The van der Waals surface area contributed by atoms with Crippen molar-refractivity contribution in [2.45, 2.75) is 43.7 Å². The van der Waals surface area contributed by atoms with Crippen LogP contribution >= 0.6 is 0 Å². The van der Waals surface area contributed by atoms with Gasteiger partial charge in [0.1, 0.15) is 11.3 Å². The van der Waals surface area contributed by atoms with Gasteiger partial charge in [-0.15, -0.1) is 0 Å². The number of nitrogens with one attached hydrogen (secondary N) is 1. The summed E-state index contributed by atoms with van der Waals surface area (Å²) in [5, 5.41) is 2.87. The molecule has 1 saturated carbocycles. The van der Waals surface area contributed by atoms with Crippen molar-refractivity contribution in [3.05, 3.63) is 24.2 Å². The van der Waals surface area contributed by atoms with Gasteiger partial charge in [0, 0.05) is 0 Å².